The molecule has 1 unspecified atom stereocenters. The van der Waals surface area contributed by atoms with Crippen LogP contribution in [0.1, 0.15) is 48.6 Å². The highest BCUT2D eigenvalue weighted by molar-refractivity contribution is 6.31. The monoisotopic (exact) mass is 295 g/mol. The van der Waals surface area contributed by atoms with Crippen LogP contribution < -0.4 is 5.32 Å². The summed E-state index contributed by atoms with van der Waals surface area (Å²) >= 11 is 6.37. The fourth-order valence-corrected chi connectivity index (χ4v) is 2.90. The summed E-state index contributed by atoms with van der Waals surface area (Å²) in [5, 5.41) is 12.9. The average Bonchev–Trinajstić information content (AvgIpc) is 2.86. The lowest BCUT2D eigenvalue weighted by Crippen LogP contribution is -2.24. The van der Waals surface area contributed by atoms with Crippen molar-refractivity contribution in [3.63, 3.8) is 0 Å². The van der Waals surface area contributed by atoms with Crippen molar-refractivity contribution in [3.05, 3.63) is 33.9 Å². The van der Waals surface area contributed by atoms with Gasteiger partial charge >= 0.3 is 0 Å². The predicted octanol–water partition coefficient (Wildman–Crippen LogP) is 2.78. The van der Waals surface area contributed by atoms with Gasteiger partial charge in [0.05, 0.1) is 28.6 Å². The van der Waals surface area contributed by atoms with E-state index in [1.807, 2.05) is 30.4 Å². The van der Waals surface area contributed by atoms with Crippen molar-refractivity contribution in [1.82, 2.24) is 24.9 Å². The first-order chi connectivity index (χ1) is 9.38. The van der Waals surface area contributed by atoms with Crippen molar-refractivity contribution in [3.8, 4) is 0 Å². The summed E-state index contributed by atoms with van der Waals surface area (Å²) in [4.78, 5) is 0. The zero-order valence-corrected chi connectivity index (χ0v) is 13.7. The Kier molecular flexibility index (Phi) is 4.20. The fourth-order valence-electron chi connectivity index (χ4n) is 2.66. The van der Waals surface area contributed by atoms with Crippen molar-refractivity contribution in [1.29, 1.82) is 0 Å². The van der Waals surface area contributed by atoms with Crippen LogP contribution in [0.3, 0.4) is 0 Å². The number of halogens is 1. The molecule has 2 aromatic heterocycles. The molecule has 0 aliphatic rings. The summed E-state index contributed by atoms with van der Waals surface area (Å²) < 4.78 is 3.87. The molecule has 2 heterocycles. The van der Waals surface area contributed by atoms with Gasteiger partial charge in [0.1, 0.15) is 0 Å². The Labute approximate surface area is 124 Å². The third-order valence-electron chi connectivity index (χ3n) is 3.69. The number of hydrogen-bond acceptors (Lipinski definition) is 3. The fraction of sp³-hybridized carbons (Fsp3) is 0.571. The molecule has 0 aliphatic carbocycles. The number of nitrogens with zero attached hydrogens (tertiary/aromatic N) is 4. The summed E-state index contributed by atoms with van der Waals surface area (Å²) in [6, 6.07) is 0.242. The average molecular weight is 296 g/mol. The third kappa shape index (κ3) is 2.36. The summed E-state index contributed by atoms with van der Waals surface area (Å²) in [6.45, 7) is 8.30. The smallest absolute Gasteiger partial charge is 0.0837 e. The SMILES string of the molecule is CNC(c1c(C)nn(C)c1C)c1c(Cl)cnn1C(C)C. The molecule has 0 aromatic carbocycles. The van der Waals surface area contributed by atoms with Crippen molar-refractivity contribution < 1.29 is 0 Å². The van der Waals surface area contributed by atoms with Crippen molar-refractivity contribution in [2.75, 3.05) is 7.05 Å². The summed E-state index contributed by atoms with van der Waals surface area (Å²) in [5.41, 5.74) is 4.30. The van der Waals surface area contributed by atoms with E-state index in [9.17, 15) is 0 Å². The second-order valence-corrected chi connectivity index (χ2v) is 5.75. The van der Waals surface area contributed by atoms with E-state index in [4.69, 9.17) is 11.6 Å². The number of rotatable bonds is 4. The van der Waals surface area contributed by atoms with Gasteiger partial charge in [-0.2, -0.15) is 10.2 Å². The van der Waals surface area contributed by atoms with Gasteiger partial charge in [-0.15, -0.1) is 0 Å². The van der Waals surface area contributed by atoms with E-state index in [0.29, 0.717) is 5.02 Å². The number of aromatic nitrogens is 4. The molecule has 20 heavy (non-hydrogen) atoms. The molecule has 0 radical (unpaired) electrons. The van der Waals surface area contributed by atoms with Gasteiger partial charge in [-0.3, -0.25) is 9.36 Å². The van der Waals surface area contributed by atoms with Crippen molar-refractivity contribution in [2.45, 2.75) is 39.8 Å². The molecule has 0 saturated carbocycles. The maximum Gasteiger partial charge on any atom is 0.0837 e. The summed E-state index contributed by atoms with van der Waals surface area (Å²) in [6.07, 6.45) is 1.71. The van der Waals surface area contributed by atoms with Gasteiger partial charge in [-0.25, -0.2) is 0 Å². The number of nitrogens with one attached hydrogen (secondary N) is 1. The summed E-state index contributed by atoms with van der Waals surface area (Å²) in [7, 11) is 3.89. The molecule has 0 amide bonds. The minimum atomic E-state index is -0.0129. The van der Waals surface area contributed by atoms with Gasteiger partial charge < -0.3 is 5.32 Å². The molecule has 0 bridgehead atoms. The minimum Gasteiger partial charge on any atom is -0.308 e. The lowest BCUT2D eigenvalue weighted by Gasteiger charge is -2.21. The van der Waals surface area contributed by atoms with E-state index >= 15 is 0 Å². The van der Waals surface area contributed by atoms with E-state index < -0.39 is 0 Å². The zero-order chi connectivity index (χ0) is 15.0. The van der Waals surface area contributed by atoms with Crippen LogP contribution in [-0.2, 0) is 7.05 Å². The molecule has 5 nitrogen and oxygen atoms in total. The van der Waals surface area contributed by atoms with E-state index in [1.165, 1.54) is 5.56 Å². The number of hydrogen-bond donors (Lipinski definition) is 1. The Hall–Kier alpha value is -1.33. The first kappa shape index (κ1) is 15.1. The lowest BCUT2D eigenvalue weighted by molar-refractivity contribution is 0.483. The van der Waals surface area contributed by atoms with E-state index in [1.54, 1.807) is 6.20 Å². The lowest BCUT2D eigenvalue weighted by atomic mass is 10.0. The molecule has 1 atom stereocenters. The Morgan fingerprint density at radius 3 is 2.40 bits per heavy atom. The van der Waals surface area contributed by atoms with E-state index in [0.717, 1.165) is 17.1 Å². The highest BCUT2D eigenvalue weighted by Crippen LogP contribution is 2.32. The Bertz CT molecular complexity index is 611. The van der Waals surface area contributed by atoms with Crippen molar-refractivity contribution in [2.24, 2.45) is 7.05 Å². The highest BCUT2D eigenvalue weighted by Gasteiger charge is 2.26. The van der Waals surface area contributed by atoms with Gasteiger partial charge in [0, 0.05) is 24.3 Å². The Morgan fingerprint density at radius 1 is 1.30 bits per heavy atom. The molecule has 110 valence electrons. The molecule has 2 aromatic rings. The van der Waals surface area contributed by atoms with Gasteiger partial charge in [-0.1, -0.05) is 11.6 Å². The van der Waals surface area contributed by atoms with Gasteiger partial charge in [0.2, 0.25) is 0 Å². The highest BCUT2D eigenvalue weighted by atomic mass is 35.5. The normalized spacial score (nSPS) is 13.2. The van der Waals surface area contributed by atoms with Gasteiger partial charge in [0.25, 0.3) is 0 Å². The summed E-state index contributed by atoms with van der Waals surface area (Å²) in [5.74, 6) is 0. The zero-order valence-electron chi connectivity index (χ0n) is 12.9. The quantitative estimate of drug-likeness (QED) is 0.943. The molecule has 0 spiro atoms. The van der Waals surface area contributed by atoms with Crippen molar-refractivity contribution >= 4 is 11.6 Å². The first-order valence-corrected chi connectivity index (χ1v) is 7.16. The van der Waals surface area contributed by atoms with Crippen LogP contribution in [-0.4, -0.2) is 26.6 Å². The molecule has 2 rings (SSSR count). The van der Waals surface area contributed by atoms with E-state index in [-0.39, 0.29) is 12.1 Å². The maximum atomic E-state index is 6.37. The molecular formula is C14H22ClN5. The molecule has 0 fully saturated rings. The van der Waals surface area contributed by atoms with Crippen LogP contribution >= 0.6 is 11.6 Å². The van der Waals surface area contributed by atoms with Crippen LogP contribution in [0.15, 0.2) is 6.20 Å². The maximum absolute atomic E-state index is 6.37. The van der Waals surface area contributed by atoms with Crippen LogP contribution in [0.2, 0.25) is 5.02 Å². The molecule has 6 heteroatoms. The predicted molar refractivity (Wildman–Crippen MR) is 81.2 cm³/mol. The molecule has 1 N–H and O–H groups in total. The Morgan fingerprint density at radius 2 is 1.95 bits per heavy atom. The van der Waals surface area contributed by atoms with E-state index in [2.05, 4.69) is 36.3 Å². The van der Waals surface area contributed by atoms with Crippen LogP contribution in [0.4, 0.5) is 0 Å². The second kappa shape index (κ2) is 5.58. The van der Waals surface area contributed by atoms with Crippen LogP contribution in [0.25, 0.3) is 0 Å². The second-order valence-electron chi connectivity index (χ2n) is 5.35. The minimum absolute atomic E-state index is 0.0129. The largest absolute Gasteiger partial charge is 0.308 e. The first-order valence-electron chi connectivity index (χ1n) is 6.78. The topological polar surface area (TPSA) is 47.7 Å². The molecular weight excluding hydrogens is 274 g/mol. The number of aryl methyl sites for hydroxylation is 2. The third-order valence-corrected chi connectivity index (χ3v) is 3.98. The molecule has 0 saturated heterocycles. The van der Waals surface area contributed by atoms with Crippen LogP contribution in [0.5, 0.6) is 0 Å². The van der Waals surface area contributed by atoms with Crippen LogP contribution in [0, 0.1) is 13.8 Å². The van der Waals surface area contributed by atoms with Gasteiger partial charge in [0.15, 0.2) is 0 Å². The Balaban J connectivity index is 2.61. The molecule has 0 aliphatic heterocycles. The standard InChI is InChI=1S/C14H22ClN5/c1-8(2)20-14(11(15)7-17-20)13(16-5)12-9(3)18-19(6)10(12)4/h7-8,13,16H,1-6H3. The van der Waals surface area contributed by atoms with Gasteiger partial charge in [-0.05, 0) is 34.7 Å².